The molecule has 30 heavy (non-hydrogen) atoms. The van der Waals surface area contributed by atoms with E-state index in [9.17, 15) is 4.79 Å². The van der Waals surface area contributed by atoms with Crippen LogP contribution in [0.3, 0.4) is 0 Å². The highest BCUT2D eigenvalue weighted by atomic mass is 35.5. The Morgan fingerprint density at radius 2 is 1.80 bits per heavy atom. The molecular formula is C22H18Cl3N3O2. The third-order valence-corrected chi connectivity index (χ3v) is 5.64. The highest BCUT2D eigenvalue weighted by Crippen LogP contribution is 2.31. The Bertz CT molecular complexity index is 1080. The summed E-state index contributed by atoms with van der Waals surface area (Å²) in [6.07, 6.45) is 2.98. The first-order chi connectivity index (χ1) is 14.5. The zero-order valence-corrected chi connectivity index (χ0v) is 17.9. The van der Waals surface area contributed by atoms with Crippen LogP contribution in [0.1, 0.15) is 22.0 Å². The van der Waals surface area contributed by atoms with Gasteiger partial charge in [-0.2, -0.15) is 0 Å². The highest BCUT2D eigenvalue weighted by Gasteiger charge is 2.27. The van der Waals surface area contributed by atoms with Gasteiger partial charge < -0.3 is 9.73 Å². The minimum atomic E-state index is -0.257. The van der Waals surface area contributed by atoms with Crippen molar-refractivity contribution >= 4 is 40.6 Å². The number of halogens is 3. The SMILES string of the molecule is O=C(/C=C/NC1NNCC1c1ccc(Cl)cc1)c1ccc(-c2ccc(Cl)cc2Cl)o1. The molecule has 0 aliphatic carbocycles. The van der Waals surface area contributed by atoms with Crippen molar-refractivity contribution in [3.8, 4) is 11.3 Å². The van der Waals surface area contributed by atoms with Crippen LogP contribution in [0.25, 0.3) is 11.3 Å². The molecule has 0 bridgehead atoms. The zero-order chi connectivity index (χ0) is 21.1. The van der Waals surface area contributed by atoms with Gasteiger partial charge in [0, 0.05) is 40.3 Å². The van der Waals surface area contributed by atoms with Crippen LogP contribution < -0.4 is 16.2 Å². The molecular weight excluding hydrogens is 445 g/mol. The summed E-state index contributed by atoms with van der Waals surface area (Å²) in [5.41, 5.74) is 8.11. The number of hydrogen-bond acceptors (Lipinski definition) is 5. The first-order valence-corrected chi connectivity index (χ1v) is 10.4. The average molecular weight is 463 g/mol. The first-order valence-electron chi connectivity index (χ1n) is 9.27. The number of hydrogen-bond donors (Lipinski definition) is 3. The second-order valence-corrected chi connectivity index (χ2v) is 8.09. The summed E-state index contributed by atoms with van der Waals surface area (Å²) in [4.78, 5) is 12.5. The third kappa shape index (κ3) is 4.72. The molecule has 0 radical (unpaired) electrons. The van der Waals surface area contributed by atoms with Crippen LogP contribution in [0, 0.1) is 0 Å². The average Bonchev–Trinajstić information content (AvgIpc) is 3.38. The number of furan rings is 1. The van der Waals surface area contributed by atoms with Crippen LogP contribution in [-0.2, 0) is 0 Å². The molecule has 5 nitrogen and oxygen atoms in total. The van der Waals surface area contributed by atoms with Gasteiger partial charge in [0.05, 0.1) is 11.2 Å². The van der Waals surface area contributed by atoms with E-state index in [0.29, 0.717) is 26.4 Å². The standard InChI is InChI=1S/C22H18Cl3N3O2/c23-14-3-1-13(2-4-14)17-12-27-28-22(17)26-10-9-19(29)21-8-7-20(30-21)16-6-5-15(24)11-18(16)25/h1-11,17,22,26-28H,12H2/b10-9+. The van der Waals surface area contributed by atoms with E-state index in [1.165, 1.54) is 6.08 Å². The van der Waals surface area contributed by atoms with E-state index >= 15 is 0 Å². The smallest absolute Gasteiger partial charge is 0.222 e. The van der Waals surface area contributed by atoms with Crippen LogP contribution >= 0.6 is 34.8 Å². The Labute approximate surface area is 189 Å². The second-order valence-electron chi connectivity index (χ2n) is 6.81. The minimum Gasteiger partial charge on any atom is -0.453 e. The molecule has 1 saturated heterocycles. The molecule has 3 N–H and O–H groups in total. The molecule has 8 heteroatoms. The molecule has 2 aromatic carbocycles. The Kier molecular flexibility index (Phi) is 6.46. The van der Waals surface area contributed by atoms with Crippen molar-refractivity contribution in [3.05, 3.63) is 93.3 Å². The van der Waals surface area contributed by atoms with Gasteiger partial charge in [-0.25, -0.2) is 5.43 Å². The molecule has 0 amide bonds. The van der Waals surface area contributed by atoms with Crippen LogP contribution in [0.4, 0.5) is 0 Å². The molecule has 1 aromatic heterocycles. The summed E-state index contributed by atoms with van der Waals surface area (Å²) in [5, 5.41) is 4.91. The Hall–Kier alpha value is -2.28. The van der Waals surface area contributed by atoms with Gasteiger partial charge in [-0.3, -0.25) is 10.2 Å². The third-order valence-electron chi connectivity index (χ3n) is 4.84. The number of carbonyl (C=O) groups is 1. The summed E-state index contributed by atoms with van der Waals surface area (Å²) in [7, 11) is 0. The lowest BCUT2D eigenvalue weighted by molar-refractivity contribution is 0.102. The predicted molar refractivity (Wildman–Crippen MR) is 120 cm³/mol. The normalized spacial score (nSPS) is 18.8. The minimum absolute atomic E-state index is 0.0738. The fourth-order valence-corrected chi connectivity index (χ4v) is 3.92. The molecule has 0 spiro atoms. The van der Waals surface area contributed by atoms with E-state index in [2.05, 4.69) is 16.2 Å². The van der Waals surface area contributed by atoms with Crippen LogP contribution in [0.5, 0.6) is 0 Å². The highest BCUT2D eigenvalue weighted by molar-refractivity contribution is 6.36. The molecule has 2 unspecified atom stereocenters. The van der Waals surface area contributed by atoms with Gasteiger partial charge in [0.1, 0.15) is 5.76 Å². The first kappa shape index (κ1) is 21.0. The number of rotatable bonds is 6. The Balaban J connectivity index is 1.40. The molecule has 2 atom stereocenters. The van der Waals surface area contributed by atoms with E-state index in [0.717, 1.165) is 12.1 Å². The summed E-state index contributed by atoms with van der Waals surface area (Å²) in [6.45, 7) is 0.754. The van der Waals surface area contributed by atoms with Crippen LogP contribution in [-0.4, -0.2) is 18.5 Å². The number of nitrogens with one attached hydrogen (secondary N) is 3. The van der Waals surface area contributed by atoms with E-state index in [1.807, 2.05) is 24.3 Å². The molecule has 1 aliphatic rings. The number of carbonyl (C=O) groups excluding carboxylic acids is 1. The maximum absolute atomic E-state index is 12.5. The lowest BCUT2D eigenvalue weighted by Gasteiger charge is -2.19. The molecule has 2 heterocycles. The van der Waals surface area contributed by atoms with Gasteiger partial charge in [-0.1, -0.05) is 46.9 Å². The van der Waals surface area contributed by atoms with E-state index in [4.69, 9.17) is 39.2 Å². The topological polar surface area (TPSA) is 66.3 Å². The van der Waals surface area contributed by atoms with Gasteiger partial charge in [0.25, 0.3) is 0 Å². The Morgan fingerprint density at radius 1 is 1.03 bits per heavy atom. The monoisotopic (exact) mass is 461 g/mol. The largest absolute Gasteiger partial charge is 0.453 e. The molecule has 1 aliphatic heterocycles. The van der Waals surface area contributed by atoms with E-state index in [1.54, 1.807) is 36.5 Å². The summed E-state index contributed by atoms with van der Waals surface area (Å²) in [6, 6.07) is 16.2. The molecule has 154 valence electrons. The predicted octanol–water partition coefficient (Wildman–Crippen LogP) is 5.41. The quantitative estimate of drug-likeness (QED) is 0.338. The fraction of sp³-hybridized carbons (Fsp3) is 0.136. The van der Waals surface area contributed by atoms with Crippen molar-refractivity contribution in [3.63, 3.8) is 0 Å². The molecule has 0 saturated carbocycles. The van der Waals surface area contributed by atoms with Crippen molar-refractivity contribution in [1.29, 1.82) is 0 Å². The van der Waals surface area contributed by atoms with Gasteiger partial charge >= 0.3 is 0 Å². The number of benzene rings is 2. The van der Waals surface area contributed by atoms with E-state index < -0.39 is 0 Å². The Morgan fingerprint density at radius 3 is 2.57 bits per heavy atom. The summed E-state index contributed by atoms with van der Waals surface area (Å²) in [5.74, 6) is 0.656. The maximum Gasteiger partial charge on any atom is 0.222 e. The summed E-state index contributed by atoms with van der Waals surface area (Å²) >= 11 is 18.1. The lowest BCUT2D eigenvalue weighted by atomic mass is 9.97. The van der Waals surface area contributed by atoms with Gasteiger partial charge in [-0.05, 0) is 48.0 Å². The van der Waals surface area contributed by atoms with Gasteiger partial charge in [0.2, 0.25) is 5.78 Å². The molecule has 3 aromatic rings. The number of allylic oxidation sites excluding steroid dienone is 1. The van der Waals surface area contributed by atoms with Crippen molar-refractivity contribution < 1.29 is 9.21 Å². The maximum atomic E-state index is 12.5. The zero-order valence-electron chi connectivity index (χ0n) is 15.7. The van der Waals surface area contributed by atoms with Crippen molar-refractivity contribution in [2.24, 2.45) is 0 Å². The van der Waals surface area contributed by atoms with Gasteiger partial charge in [-0.15, -0.1) is 0 Å². The van der Waals surface area contributed by atoms with Crippen molar-refractivity contribution in [1.82, 2.24) is 16.2 Å². The summed E-state index contributed by atoms with van der Waals surface area (Å²) < 4.78 is 5.68. The molecule has 1 fully saturated rings. The van der Waals surface area contributed by atoms with Crippen molar-refractivity contribution in [2.45, 2.75) is 12.1 Å². The lowest BCUT2D eigenvalue weighted by Crippen LogP contribution is -2.40. The van der Waals surface area contributed by atoms with Crippen LogP contribution in [0.2, 0.25) is 15.1 Å². The van der Waals surface area contributed by atoms with E-state index in [-0.39, 0.29) is 23.6 Å². The molecule has 4 rings (SSSR count). The number of ketones is 1. The van der Waals surface area contributed by atoms with Gasteiger partial charge in [0.15, 0.2) is 5.76 Å². The number of hydrazine groups is 1. The second kappa shape index (κ2) is 9.25. The van der Waals surface area contributed by atoms with Crippen LogP contribution in [0.15, 0.2) is 71.3 Å². The fourth-order valence-electron chi connectivity index (χ4n) is 3.29. The van der Waals surface area contributed by atoms with Crippen molar-refractivity contribution in [2.75, 3.05) is 6.54 Å².